The maximum absolute atomic E-state index is 13.3. The standard InChI is InChI=1S/C25H26N4O3S2/c1-17-23-20(25(30)26-12-5-9-18-7-3-2-4-8-18)15-21(22-10-6-13-33-22)27-24(23)29(28-17)19-11-14-34(31,32)16-19/h2-4,6-8,10,13,15,19H,5,9,11-12,14,16H2,1H3,(H,26,30)/t19-/m1/s1. The predicted octanol–water partition coefficient (Wildman–Crippen LogP) is 4.19. The second kappa shape index (κ2) is 9.31. The molecule has 0 bridgehead atoms. The van der Waals surface area contributed by atoms with Gasteiger partial charge < -0.3 is 5.32 Å². The van der Waals surface area contributed by atoms with Gasteiger partial charge in [-0.1, -0.05) is 36.4 Å². The number of thiophene rings is 1. The van der Waals surface area contributed by atoms with E-state index in [1.807, 2.05) is 48.7 Å². The molecule has 1 saturated heterocycles. The van der Waals surface area contributed by atoms with E-state index in [0.29, 0.717) is 41.0 Å². The van der Waals surface area contributed by atoms with Crippen molar-refractivity contribution in [2.75, 3.05) is 18.1 Å². The Balaban J connectivity index is 1.47. The summed E-state index contributed by atoms with van der Waals surface area (Å²) in [4.78, 5) is 19.1. The van der Waals surface area contributed by atoms with Crippen LogP contribution in [0.15, 0.2) is 53.9 Å². The molecule has 176 valence electrons. The summed E-state index contributed by atoms with van der Waals surface area (Å²) in [5, 5.41) is 10.4. The lowest BCUT2D eigenvalue weighted by molar-refractivity contribution is 0.0954. The number of amides is 1. The summed E-state index contributed by atoms with van der Waals surface area (Å²) in [6.07, 6.45) is 2.23. The van der Waals surface area contributed by atoms with E-state index >= 15 is 0 Å². The van der Waals surface area contributed by atoms with Crippen molar-refractivity contribution < 1.29 is 13.2 Å². The first-order valence-corrected chi connectivity index (χ1v) is 14.1. The van der Waals surface area contributed by atoms with Gasteiger partial charge in [-0.3, -0.25) is 4.79 Å². The van der Waals surface area contributed by atoms with Crippen LogP contribution in [0.4, 0.5) is 0 Å². The zero-order valence-corrected chi connectivity index (χ0v) is 20.5. The third kappa shape index (κ3) is 4.63. The Morgan fingerprint density at radius 3 is 2.74 bits per heavy atom. The minimum Gasteiger partial charge on any atom is -0.352 e. The molecule has 7 nitrogen and oxygen atoms in total. The fraction of sp³-hybridized carbons (Fsp3) is 0.320. The Morgan fingerprint density at radius 1 is 1.21 bits per heavy atom. The molecule has 0 unspecified atom stereocenters. The number of pyridine rings is 1. The Kier molecular flexibility index (Phi) is 6.22. The lowest BCUT2D eigenvalue weighted by Gasteiger charge is -2.12. The van der Waals surface area contributed by atoms with Crippen molar-refractivity contribution in [3.05, 3.63) is 70.7 Å². The SMILES string of the molecule is Cc1nn([C@@H]2CCS(=O)(=O)C2)c2nc(-c3cccs3)cc(C(=O)NCCCc3ccccc3)c12. The van der Waals surface area contributed by atoms with E-state index in [-0.39, 0.29) is 23.5 Å². The number of hydrogen-bond donors (Lipinski definition) is 1. The Bertz CT molecular complexity index is 1430. The maximum Gasteiger partial charge on any atom is 0.252 e. The summed E-state index contributed by atoms with van der Waals surface area (Å²) in [7, 11) is -3.09. The molecule has 1 aliphatic heterocycles. The minimum atomic E-state index is -3.09. The normalized spacial score (nSPS) is 17.3. The number of carbonyl (C=O) groups excluding carboxylic acids is 1. The molecule has 0 aliphatic carbocycles. The molecule has 9 heteroatoms. The highest BCUT2D eigenvalue weighted by atomic mass is 32.2. The molecule has 4 aromatic rings. The van der Waals surface area contributed by atoms with Crippen LogP contribution in [0.25, 0.3) is 21.6 Å². The van der Waals surface area contributed by atoms with E-state index in [4.69, 9.17) is 4.98 Å². The lowest BCUT2D eigenvalue weighted by Crippen LogP contribution is -2.25. The second-order valence-corrected chi connectivity index (χ2v) is 11.8. The van der Waals surface area contributed by atoms with Crippen molar-refractivity contribution in [2.45, 2.75) is 32.2 Å². The summed E-state index contributed by atoms with van der Waals surface area (Å²) >= 11 is 1.55. The molecule has 1 aromatic carbocycles. The Morgan fingerprint density at radius 2 is 2.03 bits per heavy atom. The highest BCUT2D eigenvalue weighted by molar-refractivity contribution is 7.91. The largest absolute Gasteiger partial charge is 0.352 e. The molecule has 1 amide bonds. The maximum atomic E-state index is 13.3. The van der Waals surface area contributed by atoms with Crippen LogP contribution in [0.3, 0.4) is 0 Å². The van der Waals surface area contributed by atoms with E-state index in [1.165, 1.54) is 5.56 Å². The molecule has 0 spiro atoms. The van der Waals surface area contributed by atoms with Crippen molar-refractivity contribution in [1.29, 1.82) is 0 Å². The van der Waals surface area contributed by atoms with Gasteiger partial charge in [-0.05, 0) is 49.3 Å². The number of rotatable bonds is 7. The average Bonchev–Trinajstić information content (AvgIpc) is 3.56. The summed E-state index contributed by atoms with van der Waals surface area (Å²) in [6.45, 7) is 2.40. The van der Waals surface area contributed by atoms with Crippen LogP contribution < -0.4 is 5.32 Å². The smallest absolute Gasteiger partial charge is 0.252 e. The molecule has 34 heavy (non-hydrogen) atoms. The number of carbonyl (C=O) groups is 1. The molecule has 0 saturated carbocycles. The fourth-order valence-electron chi connectivity index (χ4n) is 4.50. The van der Waals surface area contributed by atoms with Gasteiger partial charge in [0.25, 0.3) is 5.91 Å². The van der Waals surface area contributed by atoms with Crippen molar-refractivity contribution in [3.8, 4) is 10.6 Å². The third-order valence-electron chi connectivity index (χ3n) is 6.18. The van der Waals surface area contributed by atoms with Gasteiger partial charge in [0.05, 0.1) is 44.8 Å². The van der Waals surface area contributed by atoms with E-state index in [2.05, 4.69) is 22.5 Å². The number of nitrogens with zero attached hydrogens (tertiary/aromatic N) is 3. The van der Waals surface area contributed by atoms with Crippen LogP contribution in [-0.4, -0.2) is 47.1 Å². The van der Waals surface area contributed by atoms with Gasteiger partial charge >= 0.3 is 0 Å². The Hall–Kier alpha value is -3.04. The van der Waals surface area contributed by atoms with Crippen LogP contribution in [0.1, 0.15) is 40.5 Å². The minimum absolute atomic E-state index is 0.0507. The van der Waals surface area contributed by atoms with E-state index in [0.717, 1.165) is 17.7 Å². The molecule has 1 N–H and O–H groups in total. The van der Waals surface area contributed by atoms with Crippen molar-refractivity contribution >= 4 is 38.1 Å². The predicted molar refractivity (Wildman–Crippen MR) is 135 cm³/mol. The molecule has 3 aromatic heterocycles. The highest BCUT2D eigenvalue weighted by Gasteiger charge is 2.32. The highest BCUT2D eigenvalue weighted by Crippen LogP contribution is 2.33. The van der Waals surface area contributed by atoms with E-state index < -0.39 is 9.84 Å². The lowest BCUT2D eigenvalue weighted by atomic mass is 10.1. The summed E-state index contributed by atoms with van der Waals surface area (Å²) in [5.41, 5.74) is 3.71. The second-order valence-electron chi connectivity index (χ2n) is 8.66. The number of benzene rings is 1. The quantitative estimate of drug-likeness (QED) is 0.389. The van der Waals surface area contributed by atoms with Gasteiger partial charge in [0.2, 0.25) is 0 Å². The van der Waals surface area contributed by atoms with Crippen molar-refractivity contribution in [3.63, 3.8) is 0 Å². The summed E-state index contributed by atoms with van der Waals surface area (Å²) in [5.74, 6) is 0.0343. The van der Waals surface area contributed by atoms with Crippen LogP contribution in [0, 0.1) is 6.92 Å². The van der Waals surface area contributed by atoms with Gasteiger partial charge in [-0.25, -0.2) is 18.1 Å². The van der Waals surface area contributed by atoms with Gasteiger partial charge in [-0.15, -0.1) is 11.3 Å². The number of hydrogen-bond acceptors (Lipinski definition) is 6. The average molecular weight is 495 g/mol. The zero-order valence-electron chi connectivity index (χ0n) is 18.9. The molecule has 1 atom stereocenters. The van der Waals surface area contributed by atoms with E-state index in [9.17, 15) is 13.2 Å². The number of aromatic nitrogens is 3. The van der Waals surface area contributed by atoms with Gasteiger partial charge in [0.1, 0.15) is 0 Å². The van der Waals surface area contributed by atoms with Gasteiger partial charge in [-0.2, -0.15) is 5.10 Å². The van der Waals surface area contributed by atoms with Crippen LogP contribution >= 0.6 is 11.3 Å². The number of aryl methyl sites for hydroxylation is 2. The van der Waals surface area contributed by atoms with Gasteiger partial charge in [0, 0.05) is 6.54 Å². The van der Waals surface area contributed by atoms with Gasteiger partial charge in [0.15, 0.2) is 15.5 Å². The topological polar surface area (TPSA) is 93.9 Å². The van der Waals surface area contributed by atoms with E-state index in [1.54, 1.807) is 16.0 Å². The first-order chi connectivity index (χ1) is 16.4. The molecule has 0 radical (unpaired) electrons. The van der Waals surface area contributed by atoms with Crippen LogP contribution in [-0.2, 0) is 16.3 Å². The first-order valence-electron chi connectivity index (χ1n) is 11.4. The number of fused-ring (bicyclic) bond motifs is 1. The van der Waals surface area contributed by atoms with Crippen LogP contribution in [0.5, 0.6) is 0 Å². The van der Waals surface area contributed by atoms with Crippen LogP contribution in [0.2, 0.25) is 0 Å². The molecular weight excluding hydrogens is 468 g/mol. The molecular formula is C25H26N4O3S2. The Labute approximate surface area is 202 Å². The molecule has 1 fully saturated rings. The summed E-state index contributed by atoms with van der Waals surface area (Å²) < 4.78 is 25.9. The number of sulfone groups is 1. The first kappa shape index (κ1) is 22.7. The fourth-order valence-corrected chi connectivity index (χ4v) is 6.88. The molecule has 1 aliphatic rings. The van der Waals surface area contributed by atoms with Crippen molar-refractivity contribution in [2.24, 2.45) is 0 Å². The molecule has 4 heterocycles. The number of nitrogens with one attached hydrogen (secondary N) is 1. The summed E-state index contributed by atoms with van der Waals surface area (Å²) in [6, 6.07) is 15.7. The monoisotopic (exact) mass is 494 g/mol. The third-order valence-corrected chi connectivity index (χ3v) is 8.82. The zero-order chi connectivity index (χ0) is 23.7. The van der Waals surface area contributed by atoms with Crippen molar-refractivity contribution in [1.82, 2.24) is 20.1 Å². The molecule has 5 rings (SSSR count).